The quantitative estimate of drug-likeness (QED) is 0.389. The molecule has 0 bridgehead atoms. The molecular formula is C22H22F7N7O3. The summed E-state index contributed by atoms with van der Waals surface area (Å²) in [6.45, 7) is -1.19. The second-order valence-corrected chi connectivity index (χ2v) is 9.19. The van der Waals surface area contributed by atoms with Crippen molar-refractivity contribution < 1.29 is 45.4 Å². The molecule has 1 saturated heterocycles. The maximum absolute atomic E-state index is 14.6. The Kier molecular flexibility index (Phi) is 7.09. The van der Waals surface area contributed by atoms with E-state index < -0.39 is 66.1 Å². The molecule has 212 valence electrons. The van der Waals surface area contributed by atoms with E-state index in [0.717, 1.165) is 34.1 Å². The van der Waals surface area contributed by atoms with Gasteiger partial charge in [-0.25, -0.2) is 18.9 Å². The van der Waals surface area contributed by atoms with Gasteiger partial charge in [0.15, 0.2) is 11.4 Å². The van der Waals surface area contributed by atoms with E-state index in [4.69, 9.17) is 10.5 Å². The van der Waals surface area contributed by atoms with E-state index in [9.17, 15) is 40.6 Å². The Morgan fingerprint density at radius 3 is 2.51 bits per heavy atom. The number of hydrogen-bond acceptors (Lipinski definition) is 8. The number of aliphatic hydroxyl groups is 1. The van der Waals surface area contributed by atoms with Crippen LogP contribution >= 0.6 is 0 Å². The highest BCUT2D eigenvalue weighted by Crippen LogP contribution is 2.39. The lowest BCUT2D eigenvalue weighted by Gasteiger charge is -2.30. The number of fused-ring (bicyclic) bond motifs is 1. The fraction of sp³-hybridized carbons (Fsp3) is 0.455. The van der Waals surface area contributed by atoms with Crippen LogP contribution in [0, 0.1) is 0 Å². The van der Waals surface area contributed by atoms with Crippen LogP contribution in [0.3, 0.4) is 0 Å². The van der Waals surface area contributed by atoms with E-state index in [1.165, 1.54) is 7.11 Å². The third-order valence-corrected chi connectivity index (χ3v) is 6.26. The van der Waals surface area contributed by atoms with Crippen LogP contribution in [0.1, 0.15) is 22.8 Å². The first kappa shape index (κ1) is 28.3. The first-order valence-electron chi connectivity index (χ1n) is 11.2. The number of rotatable bonds is 6. The minimum absolute atomic E-state index is 0.00405. The first-order chi connectivity index (χ1) is 18.0. The second-order valence-electron chi connectivity index (χ2n) is 9.19. The van der Waals surface area contributed by atoms with Crippen LogP contribution in [0.25, 0.3) is 16.8 Å². The predicted molar refractivity (Wildman–Crippen MR) is 121 cm³/mol. The molecule has 4 N–H and O–H groups in total. The number of β-amino-alcohol motifs (C(OH)–C–C–N with tert-alkyl or cyclic N) is 1. The summed E-state index contributed by atoms with van der Waals surface area (Å²) in [5, 5.41) is 15.9. The van der Waals surface area contributed by atoms with Crippen molar-refractivity contribution >= 4 is 17.2 Å². The van der Waals surface area contributed by atoms with Gasteiger partial charge in [0.2, 0.25) is 5.88 Å². The molecule has 1 unspecified atom stereocenters. The zero-order valence-electron chi connectivity index (χ0n) is 20.3. The van der Waals surface area contributed by atoms with Crippen molar-refractivity contribution in [1.82, 2.24) is 29.8 Å². The number of hydrogen-bond donors (Lipinski definition) is 3. The average Bonchev–Trinajstić information content (AvgIpc) is 3.38. The number of carbonyl (C=O) groups excluding carboxylic acids is 1. The molecule has 0 aliphatic carbocycles. The van der Waals surface area contributed by atoms with Crippen LogP contribution in [-0.2, 0) is 6.18 Å². The van der Waals surface area contributed by atoms with Gasteiger partial charge >= 0.3 is 12.4 Å². The summed E-state index contributed by atoms with van der Waals surface area (Å²) in [5.74, 6) is -1.62. The number of nitrogen functional groups attached to an aromatic ring is 1. The molecule has 1 amide bonds. The van der Waals surface area contributed by atoms with E-state index in [-0.39, 0.29) is 29.2 Å². The molecule has 0 radical (unpaired) electrons. The number of nitrogens with one attached hydrogen (secondary N) is 1. The first-order valence-corrected chi connectivity index (χ1v) is 11.2. The molecule has 39 heavy (non-hydrogen) atoms. The lowest BCUT2D eigenvalue weighted by atomic mass is 10.1. The lowest BCUT2D eigenvalue weighted by molar-refractivity contribution is -0.257. The van der Waals surface area contributed by atoms with Gasteiger partial charge in [0, 0.05) is 31.4 Å². The Morgan fingerprint density at radius 1 is 1.21 bits per heavy atom. The summed E-state index contributed by atoms with van der Waals surface area (Å²) < 4.78 is 101. The number of likely N-dealkylation sites (tertiary alicyclic amines) is 1. The monoisotopic (exact) mass is 565 g/mol. The van der Waals surface area contributed by atoms with Crippen molar-refractivity contribution in [1.29, 1.82) is 0 Å². The van der Waals surface area contributed by atoms with Gasteiger partial charge in [0.1, 0.15) is 23.6 Å². The van der Waals surface area contributed by atoms with Crippen LogP contribution in [0.15, 0.2) is 24.7 Å². The van der Waals surface area contributed by atoms with Gasteiger partial charge in [-0.1, -0.05) is 0 Å². The molecule has 0 aromatic carbocycles. The number of anilines is 1. The summed E-state index contributed by atoms with van der Waals surface area (Å²) >= 11 is 0. The summed E-state index contributed by atoms with van der Waals surface area (Å²) in [6.07, 6.45) is -9.47. The minimum atomic E-state index is -4.95. The van der Waals surface area contributed by atoms with Crippen LogP contribution in [0.5, 0.6) is 5.88 Å². The SMILES string of the molecule is COc1ncc(-c2cc(C(F)(F)F)c3c(N)ncnn23)cc1C(=O)N[C@H]1CN(CC(C)(O)C(F)(F)F)C[C@@H]1F. The molecule has 10 nitrogen and oxygen atoms in total. The molecule has 1 fully saturated rings. The molecule has 1 aliphatic rings. The van der Waals surface area contributed by atoms with Gasteiger partial charge < -0.3 is 20.9 Å². The normalized spacial score (nSPS) is 20.3. The molecule has 0 spiro atoms. The van der Waals surface area contributed by atoms with Crippen molar-refractivity contribution in [3.63, 3.8) is 0 Å². The number of nitrogens with two attached hydrogens (primary N) is 1. The maximum atomic E-state index is 14.6. The molecule has 4 rings (SSSR count). The lowest BCUT2D eigenvalue weighted by Crippen LogP contribution is -2.51. The van der Waals surface area contributed by atoms with E-state index in [0.29, 0.717) is 6.92 Å². The number of ether oxygens (including phenoxy) is 1. The van der Waals surface area contributed by atoms with Crippen molar-refractivity contribution in [3.05, 3.63) is 35.8 Å². The van der Waals surface area contributed by atoms with Gasteiger partial charge in [-0.2, -0.15) is 31.4 Å². The molecule has 0 saturated carbocycles. The number of amides is 1. The van der Waals surface area contributed by atoms with Gasteiger partial charge in [0.05, 0.1) is 24.4 Å². The predicted octanol–water partition coefficient (Wildman–Crippen LogP) is 2.47. The molecule has 3 aromatic rings. The summed E-state index contributed by atoms with van der Waals surface area (Å²) in [5.41, 5.74) is 0.491. The molecule has 3 atom stereocenters. The highest BCUT2D eigenvalue weighted by atomic mass is 19.4. The van der Waals surface area contributed by atoms with E-state index in [2.05, 4.69) is 20.4 Å². The number of methoxy groups -OCH3 is 1. The second kappa shape index (κ2) is 9.78. The van der Waals surface area contributed by atoms with Gasteiger partial charge in [0.25, 0.3) is 5.91 Å². The summed E-state index contributed by atoms with van der Waals surface area (Å²) in [6, 6.07) is 0.647. The zero-order chi connectivity index (χ0) is 28.9. The Balaban J connectivity index is 1.63. The smallest absolute Gasteiger partial charge is 0.418 e. The molecule has 17 heteroatoms. The van der Waals surface area contributed by atoms with Crippen LogP contribution in [-0.4, -0.2) is 86.2 Å². The van der Waals surface area contributed by atoms with Gasteiger partial charge in [-0.15, -0.1) is 0 Å². The maximum Gasteiger partial charge on any atom is 0.418 e. The number of alkyl halides is 7. The largest absolute Gasteiger partial charge is 0.480 e. The minimum Gasteiger partial charge on any atom is -0.480 e. The van der Waals surface area contributed by atoms with Crippen molar-refractivity contribution in [3.8, 4) is 17.1 Å². The van der Waals surface area contributed by atoms with Crippen LogP contribution in [0.2, 0.25) is 0 Å². The van der Waals surface area contributed by atoms with E-state index in [1.54, 1.807) is 0 Å². The summed E-state index contributed by atoms with van der Waals surface area (Å²) in [4.78, 5) is 21.6. The molecular weight excluding hydrogens is 543 g/mol. The average molecular weight is 565 g/mol. The third-order valence-electron chi connectivity index (χ3n) is 6.26. The van der Waals surface area contributed by atoms with Crippen molar-refractivity contribution in [2.45, 2.75) is 37.1 Å². The van der Waals surface area contributed by atoms with Gasteiger partial charge in [-0.05, 0) is 19.1 Å². The van der Waals surface area contributed by atoms with Crippen LogP contribution in [0.4, 0.5) is 36.6 Å². The molecule has 1 aliphatic heterocycles. The fourth-order valence-corrected chi connectivity index (χ4v) is 4.28. The van der Waals surface area contributed by atoms with Crippen molar-refractivity contribution in [2.24, 2.45) is 0 Å². The van der Waals surface area contributed by atoms with E-state index in [1.807, 2.05) is 0 Å². The Hall–Kier alpha value is -3.73. The zero-order valence-corrected chi connectivity index (χ0v) is 20.3. The topological polar surface area (TPSA) is 131 Å². The Morgan fingerprint density at radius 2 is 1.90 bits per heavy atom. The number of pyridine rings is 1. The Bertz CT molecular complexity index is 1390. The number of nitrogens with zero attached hydrogens (tertiary/aromatic N) is 5. The highest BCUT2D eigenvalue weighted by Gasteiger charge is 2.52. The Labute approximate surface area is 215 Å². The van der Waals surface area contributed by atoms with Crippen molar-refractivity contribution in [2.75, 3.05) is 32.5 Å². The molecule has 4 heterocycles. The van der Waals surface area contributed by atoms with E-state index >= 15 is 0 Å². The number of carbonyl (C=O) groups is 1. The standard InChI is InChI=1S/C22H22F7N7O3/c1-20(38,22(27,28)29)8-35-6-13(23)14(7-35)34-18(37)11-3-10(5-31-19(11)39-2)15-4-12(21(24,25)26)16-17(30)32-9-33-36(15)16/h3-5,9,13-14,38H,6-8H2,1-2H3,(H,34,37)(H2,30,32,33)/t13-,14-,20?/m0/s1. The summed E-state index contributed by atoms with van der Waals surface area (Å²) in [7, 11) is 1.18. The van der Waals surface area contributed by atoms with Crippen LogP contribution < -0.4 is 15.8 Å². The fourth-order valence-electron chi connectivity index (χ4n) is 4.28. The highest BCUT2D eigenvalue weighted by molar-refractivity contribution is 5.98. The number of aromatic nitrogens is 4. The van der Waals surface area contributed by atoms with Gasteiger partial charge in [-0.3, -0.25) is 9.69 Å². The third kappa shape index (κ3) is 5.40. The number of halogens is 7. The molecule has 3 aromatic heterocycles.